The number of aromatic nitrogens is 1. The van der Waals surface area contributed by atoms with Crippen molar-refractivity contribution in [2.45, 2.75) is 32.1 Å². The molecular formula is C34H34N4O3. The van der Waals surface area contributed by atoms with Crippen molar-refractivity contribution in [3.8, 4) is 11.1 Å². The number of hydrogen-bond acceptors (Lipinski definition) is 5. The molecule has 1 aliphatic rings. The highest BCUT2D eigenvalue weighted by atomic mass is 16.3. The monoisotopic (exact) mass is 546 g/mol. The molecule has 2 aromatic heterocycles. The second-order valence-corrected chi connectivity index (χ2v) is 10.8. The summed E-state index contributed by atoms with van der Waals surface area (Å²) in [7, 11) is 0. The Morgan fingerprint density at radius 1 is 0.976 bits per heavy atom. The lowest BCUT2D eigenvalue weighted by molar-refractivity contribution is -0.114. The molecule has 0 aliphatic carbocycles. The molecule has 2 N–H and O–H groups in total. The van der Waals surface area contributed by atoms with Crippen LogP contribution in [0, 0.1) is 0 Å². The van der Waals surface area contributed by atoms with Crippen LogP contribution in [-0.2, 0) is 4.79 Å². The van der Waals surface area contributed by atoms with Crippen LogP contribution in [0.25, 0.3) is 32.9 Å². The average Bonchev–Trinajstić information content (AvgIpc) is 3.44. The van der Waals surface area contributed by atoms with Gasteiger partial charge >= 0.3 is 0 Å². The lowest BCUT2D eigenvalue weighted by atomic mass is 9.89. The average molecular weight is 547 g/mol. The number of amides is 2. The van der Waals surface area contributed by atoms with Crippen LogP contribution in [0.1, 0.15) is 48.2 Å². The number of rotatable bonds is 8. The van der Waals surface area contributed by atoms with Gasteiger partial charge in [-0.1, -0.05) is 42.5 Å². The summed E-state index contributed by atoms with van der Waals surface area (Å²) in [6.45, 7) is 5.12. The van der Waals surface area contributed by atoms with E-state index < -0.39 is 0 Å². The quantitative estimate of drug-likeness (QED) is 0.214. The summed E-state index contributed by atoms with van der Waals surface area (Å²) >= 11 is 0. The summed E-state index contributed by atoms with van der Waals surface area (Å²) < 4.78 is 6.10. The molecule has 41 heavy (non-hydrogen) atoms. The molecule has 0 bridgehead atoms. The van der Waals surface area contributed by atoms with Gasteiger partial charge in [0.25, 0.3) is 5.91 Å². The Labute approximate surface area is 239 Å². The van der Waals surface area contributed by atoms with Gasteiger partial charge in [-0.25, -0.2) is 0 Å². The summed E-state index contributed by atoms with van der Waals surface area (Å²) in [4.78, 5) is 31.1. The highest BCUT2D eigenvalue weighted by molar-refractivity contribution is 6.13. The van der Waals surface area contributed by atoms with E-state index in [0.717, 1.165) is 77.5 Å². The molecule has 1 fully saturated rings. The number of pyridine rings is 1. The molecular weight excluding hydrogens is 512 g/mol. The minimum atomic E-state index is -0.189. The molecule has 3 aromatic carbocycles. The first-order valence-corrected chi connectivity index (χ1v) is 14.3. The number of likely N-dealkylation sites (tertiary alicyclic amines) is 1. The third-order valence-electron chi connectivity index (χ3n) is 7.92. The molecule has 1 saturated heterocycles. The van der Waals surface area contributed by atoms with Crippen LogP contribution < -0.4 is 10.6 Å². The normalized spacial score (nSPS) is 14.4. The Balaban J connectivity index is 1.04. The van der Waals surface area contributed by atoms with Gasteiger partial charge in [-0.3, -0.25) is 14.6 Å². The van der Waals surface area contributed by atoms with E-state index in [1.54, 1.807) is 6.20 Å². The number of anilines is 1. The van der Waals surface area contributed by atoms with E-state index in [-0.39, 0.29) is 11.8 Å². The Hall–Kier alpha value is -4.49. The number of carbonyl (C=O) groups is 2. The number of hydrogen-bond donors (Lipinski definition) is 2. The van der Waals surface area contributed by atoms with E-state index in [9.17, 15) is 9.59 Å². The van der Waals surface area contributed by atoms with E-state index in [1.807, 2.05) is 54.7 Å². The minimum Gasteiger partial charge on any atom is -0.450 e. The first-order valence-electron chi connectivity index (χ1n) is 14.3. The van der Waals surface area contributed by atoms with Crippen LogP contribution in [0.5, 0.6) is 0 Å². The topological polar surface area (TPSA) is 87.5 Å². The van der Waals surface area contributed by atoms with Crippen LogP contribution >= 0.6 is 0 Å². The first kappa shape index (κ1) is 26.7. The van der Waals surface area contributed by atoms with Crippen LogP contribution in [0.3, 0.4) is 0 Å². The summed E-state index contributed by atoms with van der Waals surface area (Å²) in [6, 6.07) is 24.2. The van der Waals surface area contributed by atoms with Crippen molar-refractivity contribution in [1.82, 2.24) is 15.2 Å². The van der Waals surface area contributed by atoms with Gasteiger partial charge in [0, 0.05) is 47.9 Å². The maximum absolute atomic E-state index is 13.0. The fraction of sp³-hybridized carbons (Fsp3) is 0.265. The van der Waals surface area contributed by atoms with E-state index in [1.165, 1.54) is 12.5 Å². The predicted octanol–water partition coefficient (Wildman–Crippen LogP) is 6.61. The molecule has 0 atom stereocenters. The van der Waals surface area contributed by atoms with Gasteiger partial charge in [0.15, 0.2) is 5.76 Å². The van der Waals surface area contributed by atoms with Crippen molar-refractivity contribution in [3.05, 3.63) is 96.5 Å². The largest absolute Gasteiger partial charge is 0.450 e. The number of piperidine rings is 1. The zero-order valence-corrected chi connectivity index (χ0v) is 23.2. The Morgan fingerprint density at radius 3 is 2.59 bits per heavy atom. The predicted molar refractivity (Wildman–Crippen MR) is 163 cm³/mol. The summed E-state index contributed by atoms with van der Waals surface area (Å²) in [6.07, 6.45) is 6.68. The second kappa shape index (κ2) is 11.9. The molecule has 0 saturated carbocycles. The Bertz CT molecular complexity index is 1690. The van der Waals surface area contributed by atoms with Crippen LogP contribution in [-0.4, -0.2) is 47.9 Å². The molecule has 0 unspecified atom stereocenters. The third kappa shape index (κ3) is 6.00. The SMILES string of the molecule is CC(=O)Nc1cccc(C2CCN(CCCNC(=O)c3cc4cc(-c5cccnc5)c5ccccc5c4o3)CC2)c1. The molecule has 3 heterocycles. The molecule has 7 heteroatoms. The molecule has 7 nitrogen and oxygen atoms in total. The standard InChI is InChI=1S/C34H34N4O3/c1-23(39)37-28-9-4-7-25(19-28)24-12-17-38(18-13-24)16-6-15-36-34(40)32-21-27-20-31(26-8-5-14-35-22-26)29-10-2-3-11-30(29)33(27)41-32/h2-5,7-11,14,19-22,24H,6,12-13,15-18H2,1H3,(H,36,40)(H,37,39). The lowest BCUT2D eigenvalue weighted by Crippen LogP contribution is -2.35. The first-order chi connectivity index (χ1) is 20.0. The molecule has 0 spiro atoms. The van der Waals surface area contributed by atoms with Crippen LogP contribution in [0.4, 0.5) is 5.69 Å². The van der Waals surface area contributed by atoms with E-state index >= 15 is 0 Å². The van der Waals surface area contributed by atoms with Gasteiger partial charge in [0.05, 0.1) is 0 Å². The molecule has 208 valence electrons. The molecule has 0 radical (unpaired) electrons. The summed E-state index contributed by atoms with van der Waals surface area (Å²) in [5.74, 6) is 0.595. The van der Waals surface area contributed by atoms with Gasteiger partial charge < -0.3 is 20.0 Å². The van der Waals surface area contributed by atoms with Gasteiger partial charge in [-0.05, 0) is 91.7 Å². The zero-order valence-electron chi connectivity index (χ0n) is 23.2. The smallest absolute Gasteiger partial charge is 0.287 e. The van der Waals surface area contributed by atoms with Crippen molar-refractivity contribution in [1.29, 1.82) is 0 Å². The van der Waals surface area contributed by atoms with Crippen molar-refractivity contribution < 1.29 is 14.0 Å². The zero-order chi connectivity index (χ0) is 28.2. The van der Waals surface area contributed by atoms with E-state index in [4.69, 9.17) is 4.42 Å². The molecule has 5 aromatic rings. The number of nitrogens with one attached hydrogen (secondary N) is 2. The maximum atomic E-state index is 13.0. The Morgan fingerprint density at radius 2 is 1.80 bits per heavy atom. The number of nitrogens with zero attached hydrogens (tertiary/aromatic N) is 2. The Kier molecular flexibility index (Phi) is 7.78. The number of fused-ring (bicyclic) bond motifs is 3. The van der Waals surface area contributed by atoms with Crippen LogP contribution in [0.2, 0.25) is 0 Å². The van der Waals surface area contributed by atoms with Crippen molar-refractivity contribution in [2.75, 3.05) is 31.5 Å². The van der Waals surface area contributed by atoms with E-state index in [0.29, 0.717) is 18.2 Å². The van der Waals surface area contributed by atoms with Gasteiger partial charge in [-0.15, -0.1) is 0 Å². The van der Waals surface area contributed by atoms with E-state index in [2.05, 4.69) is 44.8 Å². The number of furan rings is 1. The number of benzene rings is 3. The fourth-order valence-corrected chi connectivity index (χ4v) is 5.90. The number of carbonyl (C=O) groups excluding carboxylic acids is 2. The molecule has 1 aliphatic heterocycles. The summed E-state index contributed by atoms with van der Waals surface area (Å²) in [5.41, 5.74) is 4.97. The third-order valence-corrected chi connectivity index (χ3v) is 7.92. The highest BCUT2D eigenvalue weighted by Crippen LogP contribution is 2.36. The van der Waals surface area contributed by atoms with Gasteiger partial charge in [0.1, 0.15) is 5.58 Å². The molecule has 2 amide bonds. The van der Waals surface area contributed by atoms with Crippen molar-refractivity contribution in [2.24, 2.45) is 0 Å². The van der Waals surface area contributed by atoms with Gasteiger partial charge in [-0.2, -0.15) is 0 Å². The lowest BCUT2D eigenvalue weighted by Gasteiger charge is -2.32. The maximum Gasteiger partial charge on any atom is 0.287 e. The fourth-order valence-electron chi connectivity index (χ4n) is 5.90. The second-order valence-electron chi connectivity index (χ2n) is 10.8. The van der Waals surface area contributed by atoms with Crippen molar-refractivity contribution >= 4 is 39.2 Å². The summed E-state index contributed by atoms with van der Waals surface area (Å²) in [5, 5.41) is 8.88. The minimum absolute atomic E-state index is 0.0483. The molecule has 6 rings (SSSR count). The van der Waals surface area contributed by atoms with Crippen LogP contribution in [0.15, 0.2) is 89.6 Å². The van der Waals surface area contributed by atoms with Gasteiger partial charge in [0.2, 0.25) is 5.91 Å². The van der Waals surface area contributed by atoms with Crippen molar-refractivity contribution in [3.63, 3.8) is 0 Å². The highest BCUT2D eigenvalue weighted by Gasteiger charge is 2.21.